The zero-order chi connectivity index (χ0) is 31.3. The Morgan fingerprint density at radius 3 is 2.57 bits per heavy atom. The average Bonchev–Trinajstić information content (AvgIpc) is 3.67. The van der Waals surface area contributed by atoms with Gasteiger partial charge in [0, 0.05) is 35.3 Å². The van der Waals surface area contributed by atoms with Gasteiger partial charge in [0.25, 0.3) is 0 Å². The number of rotatable bonds is 8. The predicted octanol–water partition coefficient (Wildman–Crippen LogP) is 7.68. The smallest absolute Gasteiger partial charge is 0.406 e. The van der Waals surface area contributed by atoms with Crippen molar-refractivity contribution in [3.63, 3.8) is 0 Å². The van der Waals surface area contributed by atoms with E-state index in [-0.39, 0.29) is 11.3 Å². The Morgan fingerprint density at radius 2 is 1.86 bits per heavy atom. The molecule has 0 aliphatic carbocycles. The normalized spacial score (nSPS) is 14.7. The summed E-state index contributed by atoms with van der Waals surface area (Å²) in [6.07, 6.45) is -0.484. The van der Waals surface area contributed by atoms with Gasteiger partial charge in [0.1, 0.15) is 17.9 Å². The molecule has 2 amide bonds. The quantitative estimate of drug-likeness (QED) is 0.203. The highest BCUT2D eigenvalue weighted by Crippen LogP contribution is 2.31. The molecule has 0 radical (unpaired) electrons. The Kier molecular flexibility index (Phi) is 9.33. The monoisotopic (exact) mass is 624 g/mol. The number of amides is 2. The predicted molar refractivity (Wildman–Crippen MR) is 164 cm³/mol. The summed E-state index contributed by atoms with van der Waals surface area (Å²) in [5.41, 5.74) is 4.64. The zero-order valence-electron chi connectivity index (χ0n) is 23.8. The number of aryl methyl sites for hydroxylation is 2. The molecular formula is C31H28F4N6O2S. The Hall–Kier alpha value is -4.65. The first kappa shape index (κ1) is 30.8. The second kappa shape index (κ2) is 13.3. The molecule has 1 aliphatic heterocycles. The summed E-state index contributed by atoms with van der Waals surface area (Å²) in [5.74, 6) is 0.108. The molecule has 44 heavy (non-hydrogen) atoms. The van der Waals surface area contributed by atoms with Gasteiger partial charge >= 0.3 is 12.4 Å². The Labute approximate surface area is 255 Å². The van der Waals surface area contributed by atoms with Crippen molar-refractivity contribution < 1.29 is 27.1 Å². The summed E-state index contributed by atoms with van der Waals surface area (Å²) in [6.45, 7) is 4.87. The van der Waals surface area contributed by atoms with Crippen molar-refractivity contribution in [1.29, 1.82) is 0 Å². The van der Waals surface area contributed by atoms with Crippen LogP contribution in [0.15, 0.2) is 84.2 Å². The summed E-state index contributed by atoms with van der Waals surface area (Å²) in [6, 6.07) is 17.1. The number of thioether (sulfide) groups is 1. The molecule has 1 aliphatic rings. The van der Waals surface area contributed by atoms with E-state index in [0.29, 0.717) is 22.2 Å². The maximum Gasteiger partial charge on any atom is 0.573 e. The van der Waals surface area contributed by atoms with Crippen LogP contribution in [-0.2, 0) is 6.42 Å². The van der Waals surface area contributed by atoms with E-state index >= 15 is 0 Å². The number of halogens is 4. The minimum Gasteiger partial charge on any atom is -0.406 e. The summed E-state index contributed by atoms with van der Waals surface area (Å²) >= 11 is 1.48. The van der Waals surface area contributed by atoms with Gasteiger partial charge in [0.2, 0.25) is 0 Å². The second-order valence-corrected chi connectivity index (χ2v) is 10.9. The van der Waals surface area contributed by atoms with Crippen LogP contribution in [-0.4, -0.2) is 44.6 Å². The van der Waals surface area contributed by atoms with Gasteiger partial charge in [-0.05, 0) is 54.8 Å². The lowest BCUT2D eigenvalue weighted by Crippen LogP contribution is -2.27. The minimum atomic E-state index is -4.78. The first-order valence-electron chi connectivity index (χ1n) is 13.7. The molecule has 228 valence electrons. The van der Waals surface area contributed by atoms with Gasteiger partial charge in [0.05, 0.1) is 5.69 Å². The lowest BCUT2D eigenvalue weighted by molar-refractivity contribution is -0.274. The van der Waals surface area contributed by atoms with E-state index in [9.17, 15) is 22.4 Å². The summed E-state index contributed by atoms with van der Waals surface area (Å²) in [7, 11) is 0. The molecule has 13 heteroatoms. The average molecular weight is 625 g/mol. The fourth-order valence-electron chi connectivity index (χ4n) is 4.55. The summed E-state index contributed by atoms with van der Waals surface area (Å²) in [4.78, 5) is 23.1. The number of urea groups is 1. The van der Waals surface area contributed by atoms with Crippen LogP contribution in [0.25, 0.3) is 22.9 Å². The SMILES string of the molecule is CCCc1ccc(C)cc1N1CCSC1=NC(=O)N/C=C(\F)c1ccc(-c2ncn(-c3ccc(OC(F)(F)F)cc3)n2)cc1. The van der Waals surface area contributed by atoms with Crippen molar-refractivity contribution in [3.05, 3.63) is 95.9 Å². The highest BCUT2D eigenvalue weighted by molar-refractivity contribution is 8.14. The molecule has 1 aromatic heterocycles. The van der Waals surface area contributed by atoms with Gasteiger partial charge < -0.3 is 15.0 Å². The number of carbonyl (C=O) groups is 1. The van der Waals surface area contributed by atoms with Gasteiger partial charge in [0.15, 0.2) is 11.0 Å². The van der Waals surface area contributed by atoms with Gasteiger partial charge in [-0.1, -0.05) is 61.5 Å². The first-order valence-corrected chi connectivity index (χ1v) is 14.7. The Morgan fingerprint density at radius 1 is 1.11 bits per heavy atom. The van der Waals surface area contributed by atoms with Crippen molar-refractivity contribution in [3.8, 4) is 22.8 Å². The van der Waals surface area contributed by atoms with E-state index in [0.717, 1.165) is 42.6 Å². The van der Waals surface area contributed by atoms with Crippen LogP contribution in [0.2, 0.25) is 0 Å². The van der Waals surface area contributed by atoms with Gasteiger partial charge in [-0.15, -0.1) is 18.3 Å². The largest absolute Gasteiger partial charge is 0.573 e. The lowest BCUT2D eigenvalue weighted by Gasteiger charge is -2.22. The molecule has 0 saturated carbocycles. The topological polar surface area (TPSA) is 84.6 Å². The number of anilines is 1. The van der Waals surface area contributed by atoms with E-state index in [1.54, 1.807) is 12.1 Å². The number of carbonyl (C=O) groups excluding carboxylic acids is 1. The van der Waals surface area contributed by atoms with E-state index in [2.05, 4.69) is 50.3 Å². The number of ether oxygens (including phenoxy) is 1. The molecule has 0 unspecified atom stereocenters. The number of benzene rings is 3. The van der Waals surface area contributed by atoms with Crippen molar-refractivity contribution >= 4 is 34.5 Å². The first-order chi connectivity index (χ1) is 21.1. The number of nitrogens with zero attached hydrogens (tertiary/aromatic N) is 5. The fraction of sp³-hybridized carbons (Fsp3) is 0.226. The van der Waals surface area contributed by atoms with E-state index < -0.39 is 18.2 Å². The van der Waals surface area contributed by atoms with E-state index in [4.69, 9.17) is 0 Å². The van der Waals surface area contributed by atoms with Crippen molar-refractivity contribution in [2.75, 3.05) is 17.2 Å². The highest BCUT2D eigenvalue weighted by atomic mass is 32.2. The number of hydrogen-bond donors (Lipinski definition) is 1. The zero-order valence-corrected chi connectivity index (χ0v) is 24.6. The number of alkyl halides is 3. The number of hydrogen-bond acceptors (Lipinski definition) is 5. The number of aromatic nitrogens is 3. The summed E-state index contributed by atoms with van der Waals surface area (Å²) < 4.78 is 57.3. The molecule has 8 nitrogen and oxygen atoms in total. The molecule has 4 aromatic rings. The molecule has 5 rings (SSSR count). The third-order valence-corrected chi connectivity index (χ3v) is 7.55. The van der Waals surface area contributed by atoms with Crippen LogP contribution < -0.4 is 15.0 Å². The molecule has 3 aromatic carbocycles. The second-order valence-electron chi connectivity index (χ2n) is 9.85. The summed E-state index contributed by atoms with van der Waals surface area (Å²) in [5, 5.41) is 7.33. The van der Waals surface area contributed by atoms with Crippen molar-refractivity contribution in [1.82, 2.24) is 20.1 Å². The molecule has 1 saturated heterocycles. The van der Waals surface area contributed by atoms with Crippen LogP contribution in [0, 0.1) is 6.92 Å². The molecule has 0 atom stereocenters. The van der Waals surface area contributed by atoms with Gasteiger partial charge in [-0.25, -0.2) is 18.9 Å². The maximum atomic E-state index is 14.9. The van der Waals surface area contributed by atoms with Crippen molar-refractivity contribution in [2.45, 2.75) is 33.1 Å². The number of aliphatic imine (C=N–C) groups is 1. The number of amidine groups is 1. The van der Waals surface area contributed by atoms with E-state index in [1.807, 2.05) is 11.8 Å². The Bertz CT molecular complexity index is 1680. The Balaban J connectivity index is 1.22. The fourth-order valence-corrected chi connectivity index (χ4v) is 5.50. The van der Waals surface area contributed by atoms with Gasteiger partial charge in [-0.3, -0.25) is 0 Å². The van der Waals surface area contributed by atoms with Gasteiger partial charge in [-0.2, -0.15) is 4.99 Å². The van der Waals surface area contributed by atoms with Crippen LogP contribution in [0.1, 0.15) is 30.0 Å². The highest BCUT2D eigenvalue weighted by Gasteiger charge is 2.31. The van der Waals surface area contributed by atoms with Crippen LogP contribution in [0.5, 0.6) is 5.75 Å². The molecule has 1 N–H and O–H groups in total. The standard InChI is InChI=1S/C31H28F4N6O2S/c1-3-4-22-6-5-20(2)17-27(22)40-15-16-44-30(40)38-29(42)36-18-26(32)21-7-9-23(10-8-21)28-37-19-41(39-28)24-11-13-25(14-12-24)43-31(33,34)35/h5-14,17-19H,3-4,15-16H2,1-2H3,(H,36,42)/b26-18-,38-30?. The third kappa shape index (κ3) is 7.64. The third-order valence-electron chi connectivity index (χ3n) is 6.59. The maximum absolute atomic E-state index is 14.9. The van der Waals surface area contributed by atoms with Crippen LogP contribution in [0.3, 0.4) is 0 Å². The molecular weight excluding hydrogens is 596 g/mol. The molecule has 1 fully saturated rings. The molecule has 2 heterocycles. The van der Waals surface area contributed by atoms with Crippen LogP contribution in [0.4, 0.5) is 28.0 Å². The van der Waals surface area contributed by atoms with Crippen LogP contribution >= 0.6 is 11.8 Å². The van der Waals surface area contributed by atoms with Crippen molar-refractivity contribution in [2.24, 2.45) is 4.99 Å². The van der Waals surface area contributed by atoms with E-state index in [1.165, 1.54) is 64.7 Å². The lowest BCUT2D eigenvalue weighted by atomic mass is 10.0. The minimum absolute atomic E-state index is 0.224. The molecule has 0 bridgehead atoms. The molecule has 0 spiro atoms. The number of nitrogens with one attached hydrogen (secondary N) is 1.